The lowest BCUT2D eigenvalue weighted by Gasteiger charge is -2.16. The third-order valence-electron chi connectivity index (χ3n) is 2.87. The maximum atomic E-state index is 12.1. The lowest BCUT2D eigenvalue weighted by molar-refractivity contribution is -0.129. The number of aromatic amines is 1. The summed E-state index contributed by atoms with van der Waals surface area (Å²) in [5, 5.41) is 15.4. The van der Waals surface area contributed by atoms with Crippen LogP contribution in [-0.2, 0) is 17.8 Å². The highest BCUT2D eigenvalue weighted by molar-refractivity contribution is 5.91. The molecule has 0 saturated carbocycles. The Balaban J connectivity index is 2.06. The fraction of sp³-hybridized carbons (Fsp3) is 0.231. The number of nitrogens with zero attached hydrogens (tertiary/aromatic N) is 3. The van der Waals surface area contributed by atoms with Gasteiger partial charge in [-0.1, -0.05) is 18.2 Å². The van der Waals surface area contributed by atoms with Crippen LogP contribution in [0.5, 0.6) is 0 Å². The molecule has 0 radical (unpaired) electrons. The largest absolute Gasteiger partial charge is 0.478 e. The van der Waals surface area contributed by atoms with E-state index in [0.29, 0.717) is 17.9 Å². The smallest absolute Gasteiger partial charge is 0.335 e. The SMILES string of the molecule is CN(Cc1ncn[nH]1)C(=O)Cc1ccccc1C(=O)O. The summed E-state index contributed by atoms with van der Waals surface area (Å²) < 4.78 is 0. The van der Waals surface area contributed by atoms with Crippen molar-refractivity contribution in [1.29, 1.82) is 0 Å². The van der Waals surface area contributed by atoms with Crippen LogP contribution < -0.4 is 0 Å². The quantitative estimate of drug-likeness (QED) is 0.836. The maximum absolute atomic E-state index is 12.1. The maximum Gasteiger partial charge on any atom is 0.335 e. The Kier molecular flexibility index (Phi) is 4.09. The highest BCUT2D eigenvalue weighted by atomic mass is 16.4. The zero-order chi connectivity index (χ0) is 14.5. The van der Waals surface area contributed by atoms with Crippen LogP contribution in [0.1, 0.15) is 21.7 Å². The van der Waals surface area contributed by atoms with Gasteiger partial charge in [0.25, 0.3) is 0 Å². The molecule has 2 aromatic rings. The number of rotatable bonds is 5. The van der Waals surface area contributed by atoms with Crippen molar-refractivity contribution >= 4 is 11.9 Å². The molecule has 20 heavy (non-hydrogen) atoms. The van der Waals surface area contributed by atoms with Crippen molar-refractivity contribution in [3.8, 4) is 0 Å². The predicted octanol–water partition coefficient (Wildman–Crippen LogP) is 0.704. The third-order valence-corrected chi connectivity index (χ3v) is 2.87. The number of H-pyrrole nitrogens is 1. The number of amides is 1. The number of benzene rings is 1. The van der Waals surface area contributed by atoms with E-state index in [9.17, 15) is 9.59 Å². The first kappa shape index (κ1) is 13.7. The van der Waals surface area contributed by atoms with E-state index >= 15 is 0 Å². The van der Waals surface area contributed by atoms with Crippen LogP contribution in [0.25, 0.3) is 0 Å². The molecule has 2 rings (SSSR count). The van der Waals surface area contributed by atoms with Gasteiger partial charge in [-0.25, -0.2) is 9.78 Å². The van der Waals surface area contributed by atoms with Crippen LogP contribution in [0.4, 0.5) is 0 Å². The molecular weight excluding hydrogens is 260 g/mol. The molecule has 0 aliphatic heterocycles. The number of carboxylic acid groups (broad SMARTS) is 1. The molecule has 2 N–H and O–H groups in total. The van der Waals surface area contributed by atoms with Gasteiger partial charge in [-0.3, -0.25) is 9.89 Å². The first-order valence-electron chi connectivity index (χ1n) is 5.97. The number of likely N-dealkylation sites (N-methyl/N-ethyl adjacent to an activating group) is 1. The van der Waals surface area contributed by atoms with E-state index in [4.69, 9.17) is 5.11 Å². The van der Waals surface area contributed by atoms with E-state index in [-0.39, 0.29) is 17.9 Å². The topological polar surface area (TPSA) is 99.2 Å². The number of carbonyl (C=O) groups excluding carboxylic acids is 1. The summed E-state index contributed by atoms with van der Waals surface area (Å²) in [6, 6.07) is 6.48. The van der Waals surface area contributed by atoms with E-state index in [1.807, 2.05) is 0 Å². The van der Waals surface area contributed by atoms with Crippen molar-refractivity contribution in [3.63, 3.8) is 0 Å². The average molecular weight is 274 g/mol. The van der Waals surface area contributed by atoms with Gasteiger partial charge in [0, 0.05) is 7.05 Å². The van der Waals surface area contributed by atoms with Crippen LogP contribution in [0.3, 0.4) is 0 Å². The Labute approximate surface area is 115 Å². The molecule has 0 spiro atoms. The predicted molar refractivity (Wildman–Crippen MR) is 70.0 cm³/mol. The van der Waals surface area contributed by atoms with Crippen LogP contribution in [0.15, 0.2) is 30.6 Å². The zero-order valence-electron chi connectivity index (χ0n) is 10.9. The summed E-state index contributed by atoms with van der Waals surface area (Å²) in [6.45, 7) is 0.300. The number of aromatic nitrogens is 3. The first-order chi connectivity index (χ1) is 9.58. The van der Waals surface area contributed by atoms with E-state index in [0.717, 1.165) is 0 Å². The minimum atomic E-state index is -1.04. The van der Waals surface area contributed by atoms with E-state index in [2.05, 4.69) is 15.2 Å². The van der Waals surface area contributed by atoms with Gasteiger partial charge >= 0.3 is 5.97 Å². The Morgan fingerprint density at radius 1 is 1.35 bits per heavy atom. The van der Waals surface area contributed by atoms with E-state index in [1.54, 1.807) is 25.2 Å². The molecule has 104 valence electrons. The summed E-state index contributed by atoms with van der Waals surface area (Å²) in [6.07, 6.45) is 1.40. The van der Waals surface area contributed by atoms with Crippen molar-refractivity contribution in [2.45, 2.75) is 13.0 Å². The summed E-state index contributed by atoms with van der Waals surface area (Å²) in [5.41, 5.74) is 0.642. The highest BCUT2D eigenvalue weighted by Gasteiger charge is 2.16. The Morgan fingerprint density at radius 3 is 2.75 bits per heavy atom. The van der Waals surface area contributed by atoms with Gasteiger partial charge < -0.3 is 10.0 Å². The van der Waals surface area contributed by atoms with Gasteiger partial charge in [-0.2, -0.15) is 5.10 Å². The molecule has 7 nitrogen and oxygen atoms in total. The van der Waals surface area contributed by atoms with Crippen molar-refractivity contribution < 1.29 is 14.7 Å². The monoisotopic (exact) mass is 274 g/mol. The summed E-state index contributed by atoms with van der Waals surface area (Å²) >= 11 is 0. The molecule has 0 fully saturated rings. The van der Waals surface area contributed by atoms with Crippen molar-refractivity contribution in [1.82, 2.24) is 20.1 Å². The highest BCUT2D eigenvalue weighted by Crippen LogP contribution is 2.11. The van der Waals surface area contributed by atoms with Crippen molar-refractivity contribution in [3.05, 3.63) is 47.5 Å². The summed E-state index contributed by atoms with van der Waals surface area (Å²) in [7, 11) is 1.63. The van der Waals surface area contributed by atoms with E-state index in [1.165, 1.54) is 17.3 Å². The molecule has 1 amide bonds. The van der Waals surface area contributed by atoms with Gasteiger partial charge in [0.1, 0.15) is 12.2 Å². The molecule has 0 aliphatic carbocycles. The lowest BCUT2D eigenvalue weighted by atomic mass is 10.0. The van der Waals surface area contributed by atoms with Gasteiger partial charge in [-0.15, -0.1) is 0 Å². The Morgan fingerprint density at radius 2 is 2.10 bits per heavy atom. The second kappa shape index (κ2) is 5.96. The summed E-state index contributed by atoms with van der Waals surface area (Å²) in [4.78, 5) is 28.6. The Bertz CT molecular complexity index is 610. The molecule has 0 unspecified atom stereocenters. The number of hydrogen-bond donors (Lipinski definition) is 2. The molecule has 1 aromatic heterocycles. The number of nitrogens with one attached hydrogen (secondary N) is 1. The van der Waals surface area contributed by atoms with Crippen molar-refractivity contribution in [2.75, 3.05) is 7.05 Å². The number of hydrogen-bond acceptors (Lipinski definition) is 4. The number of carboxylic acids is 1. The normalized spacial score (nSPS) is 10.2. The zero-order valence-corrected chi connectivity index (χ0v) is 10.9. The molecule has 7 heteroatoms. The van der Waals surface area contributed by atoms with Gasteiger partial charge in [0.2, 0.25) is 5.91 Å². The second-order valence-corrected chi connectivity index (χ2v) is 4.32. The summed E-state index contributed by atoms with van der Waals surface area (Å²) in [5.74, 6) is -0.645. The van der Waals surface area contributed by atoms with Crippen LogP contribution >= 0.6 is 0 Å². The fourth-order valence-corrected chi connectivity index (χ4v) is 1.80. The van der Waals surface area contributed by atoms with Gasteiger partial charge in [0.05, 0.1) is 18.5 Å². The van der Waals surface area contributed by atoms with Gasteiger partial charge in [-0.05, 0) is 11.6 Å². The number of aromatic carboxylic acids is 1. The third kappa shape index (κ3) is 3.19. The molecular formula is C13H14N4O3. The van der Waals surface area contributed by atoms with Crippen LogP contribution in [-0.4, -0.2) is 44.1 Å². The number of carbonyl (C=O) groups is 2. The molecule has 1 aromatic carbocycles. The Hall–Kier alpha value is -2.70. The minimum Gasteiger partial charge on any atom is -0.478 e. The fourth-order valence-electron chi connectivity index (χ4n) is 1.80. The molecule has 0 aliphatic rings. The van der Waals surface area contributed by atoms with E-state index < -0.39 is 5.97 Å². The molecule has 0 atom stereocenters. The minimum absolute atomic E-state index is 0.0348. The average Bonchev–Trinajstić information content (AvgIpc) is 2.91. The molecule has 1 heterocycles. The molecule has 0 saturated heterocycles. The first-order valence-corrected chi connectivity index (χ1v) is 5.97. The molecule has 0 bridgehead atoms. The standard InChI is InChI=1S/C13H14N4O3/c1-17(7-11-14-8-15-16-11)12(18)6-9-4-2-3-5-10(9)13(19)20/h2-5,8H,6-7H2,1H3,(H,19,20)(H,14,15,16). The second-order valence-electron chi connectivity index (χ2n) is 4.32. The van der Waals surface area contributed by atoms with Crippen molar-refractivity contribution in [2.24, 2.45) is 0 Å². The van der Waals surface area contributed by atoms with Crippen LogP contribution in [0.2, 0.25) is 0 Å². The lowest BCUT2D eigenvalue weighted by Crippen LogP contribution is -2.28. The van der Waals surface area contributed by atoms with Gasteiger partial charge in [0.15, 0.2) is 0 Å². The van der Waals surface area contributed by atoms with Crippen LogP contribution in [0, 0.1) is 0 Å².